The van der Waals surface area contributed by atoms with Crippen LogP contribution in [0, 0.1) is 5.41 Å². The van der Waals surface area contributed by atoms with Crippen LogP contribution in [-0.2, 0) is 6.18 Å². The zero-order valence-electron chi connectivity index (χ0n) is 12.1. The van der Waals surface area contributed by atoms with E-state index in [-0.39, 0.29) is 24.1 Å². The minimum Gasteiger partial charge on any atom is -0.396 e. The first kappa shape index (κ1) is 17.5. The maximum atomic E-state index is 12.8. The average Bonchev–Trinajstić information content (AvgIpc) is 2.42. The van der Waals surface area contributed by atoms with E-state index in [9.17, 15) is 18.0 Å². The molecule has 0 aliphatic carbocycles. The second kappa shape index (κ2) is 6.93. The summed E-state index contributed by atoms with van der Waals surface area (Å²) in [4.78, 5) is 12.0. The molecule has 1 aromatic rings. The second-order valence-electron chi connectivity index (χ2n) is 5.72. The van der Waals surface area contributed by atoms with E-state index in [1.165, 1.54) is 18.2 Å². The van der Waals surface area contributed by atoms with Crippen molar-refractivity contribution < 1.29 is 23.1 Å². The summed E-state index contributed by atoms with van der Waals surface area (Å²) in [5.74, 6) is -0.736. The molecule has 0 atom stereocenters. The van der Waals surface area contributed by atoms with Crippen LogP contribution in [0.5, 0.6) is 0 Å². The van der Waals surface area contributed by atoms with E-state index in [1.807, 2.05) is 13.8 Å². The number of hydrogen-bond donors (Lipinski definition) is 2. The Hall–Kier alpha value is -1.56. The van der Waals surface area contributed by atoms with Crippen LogP contribution in [0.4, 0.5) is 13.2 Å². The molecule has 0 aromatic heterocycles. The molecule has 1 aromatic carbocycles. The Morgan fingerprint density at radius 1 is 1.24 bits per heavy atom. The van der Waals surface area contributed by atoms with Gasteiger partial charge in [-0.25, -0.2) is 0 Å². The molecule has 3 nitrogen and oxygen atoms in total. The SMILES string of the molecule is CC(C)(CCCO)CNC(=O)c1ccccc1C(F)(F)F. The van der Waals surface area contributed by atoms with Gasteiger partial charge in [0.05, 0.1) is 11.1 Å². The van der Waals surface area contributed by atoms with E-state index in [2.05, 4.69) is 5.32 Å². The highest BCUT2D eigenvalue weighted by Crippen LogP contribution is 2.32. The summed E-state index contributed by atoms with van der Waals surface area (Å²) < 4.78 is 38.5. The van der Waals surface area contributed by atoms with Crippen LogP contribution >= 0.6 is 0 Å². The number of halogens is 3. The van der Waals surface area contributed by atoms with Crippen molar-refractivity contribution in [3.63, 3.8) is 0 Å². The Morgan fingerprint density at radius 3 is 2.43 bits per heavy atom. The molecule has 0 saturated carbocycles. The molecule has 0 unspecified atom stereocenters. The fourth-order valence-corrected chi connectivity index (χ4v) is 1.99. The molecule has 1 rings (SSSR count). The standard InChI is InChI=1S/C15H20F3NO2/c1-14(2,8-5-9-20)10-19-13(21)11-6-3-4-7-12(11)15(16,17)18/h3-4,6-7,20H,5,8-10H2,1-2H3,(H,19,21). The van der Waals surface area contributed by atoms with Crippen molar-refractivity contribution in [2.75, 3.05) is 13.2 Å². The van der Waals surface area contributed by atoms with Crippen molar-refractivity contribution in [3.8, 4) is 0 Å². The van der Waals surface area contributed by atoms with Crippen LogP contribution in [0.3, 0.4) is 0 Å². The highest BCUT2D eigenvalue weighted by molar-refractivity contribution is 5.95. The van der Waals surface area contributed by atoms with Gasteiger partial charge in [0.15, 0.2) is 0 Å². The predicted molar refractivity (Wildman–Crippen MR) is 73.9 cm³/mol. The van der Waals surface area contributed by atoms with E-state index >= 15 is 0 Å². The molecule has 0 radical (unpaired) electrons. The lowest BCUT2D eigenvalue weighted by Gasteiger charge is -2.25. The molecule has 0 fully saturated rings. The number of rotatable bonds is 6. The van der Waals surface area contributed by atoms with Gasteiger partial charge < -0.3 is 10.4 Å². The number of hydrogen-bond acceptors (Lipinski definition) is 2. The van der Waals surface area contributed by atoms with Crippen molar-refractivity contribution >= 4 is 5.91 Å². The van der Waals surface area contributed by atoms with Crippen LogP contribution in [0.25, 0.3) is 0 Å². The molecular weight excluding hydrogens is 283 g/mol. The summed E-state index contributed by atoms with van der Waals surface area (Å²) in [6.07, 6.45) is -3.30. The Bertz CT molecular complexity index is 484. The molecule has 2 N–H and O–H groups in total. The van der Waals surface area contributed by atoms with Crippen molar-refractivity contribution in [2.24, 2.45) is 5.41 Å². The average molecular weight is 303 g/mol. The minimum atomic E-state index is -4.56. The number of carbonyl (C=O) groups is 1. The molecule has 0 saturated heterocycles. The molecule has 21 heavy (non-hydrogen) atoms. The third-order valence-electron chi connectivity index (χ3n) is 3.22. The van der Waals surface area contributed by atoms with E-state index in [4.69, 9.17) is 5.11 Å². The fraction of sp³-hybridized carbons (Fsp3) is 0.533. The lowest BCUT2D eigenvalue weighted by Crippen LogP contribution is -2.35. The van der Waals surface area contributed by atoms with Crippen molar-refractivity contribution in [1.82, 2.24) is 5.32 Å². The van der Waals surface area contributed by atoms with Crippen LogP contribution in [0.15, 0.2) is 24.3 Å². The lowest BCUT2D eigenvalue weighted by molar-refractivity contribution is -0.137. The number of aliphatic hydroxyl groups excluding tert-OH is 1. The number of carbonyl (C=O) groups excluding carboxylic acids is 1. The van der Waals surface area contributed by atoms with E-state index in [0.717, 1.165) is 6.07 Å². The maximum absolute atomic E-state index is 12.8. The summed E-state index contributed by atoms with van der Waals surface area (Å²) in [7, 11) is 0. The van der Waals surface area contributed by atoms with Gasteiger partial charge >= 0.3 is 6.18 Å². The normalized spacial score (nSPS) is 12.3. The number of alkyl halides is 3. The zero-order valence-corrected chi connectivity index (χ0v) is 12.1. The molecule has 0 bridgehead atoms. The van der Waals surface area contributed by atoms with Crippen LogP contribution < -0.4 is 5.32 Å². The zero-order chi connectivity index (χ0) is 16.1. The summed E-state index contributed by atoms with van der Waals surface area (Å²) in [5.41, 5.74) is -1.59. The van der Waals surface area contributed by atoms with Crippen molar-refractivity contribution in [2.45, 2.75) is 32.9 Å². The number of aliphatic hydroxyl groups is 1. The van der Waals surface area contributed by atoms with Crippen molar-refractivity contribution in [3.05, 3.63) is 35.4 Å². The number of nitrogens with one attached hydrogen (secondary N) is 1. The number of amides is 1. The van der Waals surface area contributed by atoms with Crippen LogP contribution in [-0.4, -0.2) is 24.2 Å². The van der Waals surface area contributed by atoms with Crippen molar-refractivity contribution in [1.29, 1.82) is 0 Å². The smallest absolute Gasteiger partial charge is 0.396 e. The largest absolute Gasteiger partial charge is 0.417 e. The second-order valence-corrected chi connectivity index (χ2v) is 5.72. The summed E-state index contributed by atoms with van der Waals surface area (Å²) >= 11 is 0. The first-order chi connectivity index (χ1) is 9.67. The first-order valence-corrected chi connectivity index (χ1v) is 6.73. The van der Waals surface area contributed by atoms with Crippen LogP contribution in [0.2, 0.25) is 0 Å². The third kappa shape index (κ3) is 5.38. The molecule has 0 aliphatic rings. The topological polar surface area (TPSA) is 49.3 Å². The molecule has 0 spiro atoms. The molecule has 0 aliphatic heterocycles. The Morgan fingerprint density at radius 2 is 1.86 bits per heavy atom. The van der Waals surface area contributed by atoms with Gasteiger partial charge in [-0.15, -0.1) is 0 Å². The first-order valence-electron chi connectivity index (χ1n) is 6.73. The lowest BCUT2D eigenvalue weighted by atomic mass is 9.88. The van der Waals surface area contributed by atoms with Crippen LogP contribution in [0.1, 0.15) is 42.6 Å². The Balaban J connectivity index is 2.77. The monoisotopic (exact) mass is 303 g/mol. The predicted octanol–water partition coefficient (Wildman–Crippen LogP) is 3.23. The molecular formula is C15H20F3NO2. The summed E-state index contributed by atoms with van der Waals surface area (Å²) in [6, 6.07) is 4.72. The van der Waals surface area contributed by atoms with Gasteiger partial charge in [0.25, 0.3) is 5.91 Å². The van der Waals surface area contributed by atoms with Gasteiger partial charge in [0, 0.05) is 13.2 Å². The van der Waals surface area contributed by atoms with Gasteiger partial charge in [0.2, 0.25) is 0 Å². The number of benzene rings is 1. The Kier molecular flexibility index (Phi) is 5.78. The summed E-state index contributed by atoms with van der Waals surface area (Å²) in [6.45, 7) is 4.07. The van der Waals surface area contributed by atoms with E-state index < -0.39 is 17.6 Å². The quantitative estimate of drug-likeness (QED) is 0.847. The van der Waals surface area contributed by atoms with Gasteiger partial charge in [-0.05, 0) is 30.4 Å². The fourth-order valence-electron chi connectivity index (χ4n) is 1.99. The minimum absolute atomic E-state index is 0.0499. The summed E-state index contributed by atoms with van der Waals surface area (Å²) in [5, 5.41) is 11.3. The van der Waals surface area contributed by atoms with Gasteiger partial charge in [-0.1, -0.05) is 26.0 Å². The third-order valence-corrected chi connectivity index (χ3v) is 3.22. The highest BCUT2D eigenvalue weighted by Gasteiger charge is 2.35. The molecule has 6 heteroatoms. The van der Waals surface area contributed by atoms with Gasteiger partial charge in [-0.3, -0.25) is 4.79 Å². The Labute approximate surface area is 122 Å². The van der Waals surface area contributed by atoms with Gasteiger partial charge in [-0.2, -0.15) is 13.2 Å². The maximum Gasteiger partial charge on any atom is 0.417 e. The highest BCUT2D eigenvalue weighted by atomic mass is 19.4. The molecule has 1 amide bonds. The molecule has 118 valence electrons. The molecule has 0 heterocycles. The van der Waals surface area contributed by atoms with E-state index in [1.54, 1.807) is 0 Å². The van der Waals surface area contributed by atoms with E-state index in [0.29, 0.717) is 12.8 Å². The van der Waals surface area contributed by atoms with Gasteiger partial charge in [0.1, 0.15) is 0 Å².